The minimum atomic E-state index is -0.587. The van der Waals surface area contributed by atoms with Crippen LogP contribution in [-0.4, -0.2) is 22.6 Å². The molecule has 0 bridgehead atoms. The van der Waals surface area contributed by atoms with E-state index in [9.17, 15) is 24.5 Å². The largest absolute Gasteiger partial charge is 0.322 e. The highest BCUT2D eigenvalue weighted by Crippen LogP contribution is 2.30. The summed E-state index contributed by atoms with van der Waals surface area (Å²) < 4.78 is 0. The summed E-state index contributed by atoms with van der Waals surface area (Å²) in [5, 5.41) is 13.5. The standard InChI is InChI=1S/C22H15N3O5/c1-13-5-8-16(9-6-13)24-21(27)18-10-7-15(12-19(18)22(24)28)23-20(26)14-3-2-4-17(11-14)25(29)30/h2-12H,1H3,(H,23,26). The molecule has 3 amide bonds. The van der Waals surface area contributed by atoms with E-state index >= 15 is 0 Å². The Bertz CT molecular complexity index is 1220. The summed E-state index contributed by atoms with van der Waals surface area (Å²) in [6.45, 7) is 1.91. The summed E-state index contributed by atoms with van der Waals surface area (Å²) in [5.74, 6) is -1.48. The van der Waals surface area contributed by atoms with Crippen molar-refractivity contribution in [1.29, 1.82) is 0 Å². The van der Waals surface area contributed by atoms with Gasteiger partial charge in [0.05, 0.1) is 21.7 Å². The van der Waals surface area contributed by atoms with Gasteiger partial charge in [0.1, 0.15) is 0 Å². The van der Waals surface area contributed by atoms with E-state index < -0.39 is 22.6 Å². The minimum Gasteiger partial charge on any atom is -0.322 e. The van der Waals surface area contributed by atoms with Gasteiger partial charge in [0.15, 0.2) is 0 Å². The molecule has 1 aliphatic rings. The number of hydrogen-bond donors (Lipinski definition) is 1. The highest BCUT2D eigenvalue weighted by atomic mass is 16.6. The van der Waals surface area contributed by atoms with Gasteiger partial charge in [0, 0.05) is 23.4 Å². The Kier molecular flexibility index (Phi) is 4.59. The Balaban J connectivity index is 1.60. The number of nitro groups is 1. The van der Waals surface area contributed by atoms with Crippen LogP contribution >= 0.6 is 0 Å². The normalized spacial score (nSPS) is 12.6. The van der Waals surface area contributed by atoms with E-state index in [-0.39, 0.29) is 22.4 Å². The summed E-state index contributed by atoms with van der Waals surface area (Å²) in [5.41, 5.74) is 2.10. The molecule has 0 aromatic heterocycles. The molecular weight excluding hydrogens is 386 g/mol. The van der Waals surface area contributed by atoms with E-state index in [1.54, 1.807) is 12.1 Å². The van der Waals surface area contributed by atoms with E-state index in [2.05, 4.69) is 5.32 Å². The monoisotopic (exact) mass is 401 g/mol. The van der Waals surface area contributed by atoms with Crippen LogP contribution in [0.25, 0.3) is 0 Å². The average molecular weight is 401 g/mol. The molecule has 0 atom stereocenters. The molecule has 0 saturated heterocycles. The second kappa shape index (κ2) is 7.25. The number of nitro benzene ring substituents is 1. The molecule has 0 fully saturated rings. The number of nitrogens with zero attached hydrogens (tertiary/aromatic N) is 2. The number of carbonyl (C=O) groups is 3. The summed E-state index contributed by atoms with van der Waals surface area (Å²) in [6.07, 6.45) is 0. The molecule has 0 aliphatic carbocycles. The lowest BCUT2D eigenvalue weighted by molar-refractivity contribution is -0.384. The van der Waals surface area contributed by atoms with Crippen LogP contribution in [0.3, 0.4) is 0 Å². The van der Waals surface area contributed by atoms with Gasteiger partial charge < -0.3 is 5.32 Å². The third kappa shape index (κ3) is 3.30. The van der Waals surface area contributed by atoms with Gasteiger partial charge in [0.2, 0.25) is 0 Å². The van der Waals surface area contributed by atoms with E-state index in [0.717, 1.165) is 16.5 Å². The number of benzene rings is 3. The number of amides is 3. The molecule has 1 heterocycles. The van der Waals surface area contributed by atoms with Crippen LogP contribution in [0.2, 0.25) is 0 Å². The number of rotatable bonds is 4. The Morgan fingerprint density at radius 1 is 0.933 bits per heavy atom. The number of hydrogen-bond acceptors (Lipinski definition) is 5. The van der Waals surface area contributed by atoms with Gasteiger partial charge in [0.25, 0.3) is 23.4 Å². The van der Waals surface area contributed by atoms with Crippen LogP contribution in [0.4, 0.5) is 17.1 Å². The van der Waals surface area contributed by atoms with E-state index in [0.29, 0.717) is 11.4 Å². The maximum atomic E-state index is 12.8. The predicted molar refractivity (Wildman–Crippen MR) is 110 cm³/mol. The molecule has 3 aromatic rings. The molecule has 8 heteroatoms. The number of aryl methyl sites for hydroxylation is 1. The first-order valence-electron chi connectivity index (χ1n) is 9.00. The van der Waals surface area contributed by atoms with Crippen molar-refractivity contribution in [3.8, 4) is 0 Å². The summed E-state index contributed by atoms with van der Waals surface area (Å²) in [4.78, 5) is 49.4. The topological polar surface area (TPSA) is 110 Å². The van der Waals surface area contributed by atoms with Crippen LogP contribution in [0.5, 0.6) is 0 Å². The van der Waals surface area contributed by atoms with Crippen LogP contribution in [0, 0.1) is 17.0 Å². The minimum absolute atomic E-state index is 0.105. The number of carbonyl (C=O) groups excluding carboxylic acids is 3. The van der Waals surface area contributed by atoms with Gasteiger partial charge in [-0.25, -0.2) is 4.90 Å². The number of non-ortho nitro benzene ring substituents is 1. The zero-order valence-corrected chi connectivity index (χ0v) is 15.8. The number of fused-ring (bicyclic) bond motifs is 1. The highest BCUT2D eigenvalue weighted by molar-refractivity contribution is 6.34. The van der Waals surface area contributed by atoms with Crippen molar-refractivity contribution >= 4 is 34.8 Å². The van der Waals surface area contributed by atoms with Gasteiger partial charge in [-0.3, -0.25) is 24.5 Å². The van der Waals surface area contributed by atoms with Crippen LogP contribution in [0.1, 0.15) is 36.6 Å². The quantitative estimate of drug-likeness (QED) is 0.404. The van der Waals surface area contributed by atoms with E-state index in [1.807, 2.05) is 19.1 Å². The second-order valence-corrected chi connectivity index (χ2v) is 6.80. The fraction of sp³-hybridized carbons (Fsp3) is 0.0455. The molecule has 0 spiro atoms. The first-order chi connectivity index (χ1) is 14.3. The van der Waals surface area contributed by atoms with Gasteiger partial charge in [-0.1, -0.05) is 23.8 Å². The summed E-state index contributed by atoms with van der Waals surface area (Å²) in [7, 11) is 0. The lowest BCUT2D eigenvalue weighted by Crippen LogP contribution is -2.29. The number of nitrogens with one attached hydrogen (secondary N) is 1. The summed E-state index contributed by atoms with van der Waals surface area (Å²) in [6, 6.07) is 16.7. The fourth-order valence-corrected chi connectivity index (χ4v) is 3.21. The molecular formula is C22H15N3O5. The van der Waals surface area contributed by atoms with Crippen molar-refractivity contribution in [2.24, 2.45) is 0 Å². The Hall–Kier alpha value is -4.33. The second-order valence-electron chi connectivity index (χ2n) is 6.80. The molecule has 0 radical (unpaired) electrons. The molecule has 4 rings (SSSR count). The Labute approximate surface area is 170 Å². The first kappa shape index (κ1) is 19.0. The van der Waals surface area contributed by atoms with Crippen molar-refractivity contribution < 1.29 is 19.3 Å². The highest BCUT2D eigenvalue weighted by Gasteiger charge is 2.36. The zero-order valence-electron chi connectivity index (χ0n) is 15.8. The lowest BCUT2D eigenvalue weighted by Gasteiger charge is -2.13. The predicted octanol–water partition coefficient (Wildman–Crippen LogP) is 3.96. The Morgan fingerprint density at radius 2 is 1.63 bits per heavy atom. The fourth-order valence-electron chi connectivity index (χ4n) is 3.21. The first-order valence-corrected chi connectivity index (χ1v) is 9.00. The third-order valence-corrected chi connectivity index (χ3v) is 4.76. The zero-order chi connectivity index (χ0) is 21.4. The maximum Gasteiger partial charge on any atom is 0.270 e. The molecule has 1 N–H and O–H groups in total. The maximum absolute atomic E-state index is 12.8. The van der Waals surface area contributed by atoms with Crippen molar-refractivity contribution in [3.63, 3.8) is 0 Å². The molecule has 30 heavy (non-hydrogen) atoms. The SMILES string of the molecule is Cc1ccc(N2C(=O)c3ccc(NC(=O)c4cccc([N+](=O)[O-])c4)cc3C2=O)cc1. The Morgan fingerprint density at radius 3 is 2.33 bits per heavy atom. The number of anilines is 2. The van der Waals surface area contributed by atoms with Gasteiger partial charge in [-0.15, -0.1) is 0 Å². The van der Waals surface area contributed by atoms with Crippen molar-refractivity contribution in [2.75, 3.05) is 10.2 Å². The third-order valence-electron chi connectivity index (χ3n) is 4.76. The molecule has 0 unspecified atom stereocenters. The van der Waals surface area contributed by atoms with Crippen LogP contribution in [-0.2, 0) is 0 Å². The van der Waals surface area contributed by atoms with Crippen molar-refractivity contribution in [2.45, 2.75) is 6.92 Å². The summed E-state index contributed by atoms with van der Waals surface area (Å²) >= 11 is 0. The van der Waals surface area contributed by atoms with Crippen molar-refractivity contribution in [1.82, 2.24) is 0 Å². The van der Waals surface area contributed by atoms with E-state index in [1.165, 1.54) is 36.4 Å². The van der Waals surface area contributed by atoms with Crippen LogP contribution in [0.15, 0.2) is 66.7 Å². The van der Waals surface area contributed by atoms with Gasteiger partial charge in [-0.2, -0.15) is 0 Å². The number of imide groups is 1. The molecule has 3 aromatic carbocycles. The van der Waals surface area contributed by atoms with Crippen molar-refractivity contribution in [3.05, 3.63) is 99.1 Å². The molecule has 1 aliphatic heterocycles. The van der Waals surface area contributed by atoms with Gasteiger partial charge >= 0.3 is 0 Å². The van der Waals surface area contributed by atoms with Gasteiger partial charge in [-0.05, 0) is 43.3 Å². The lowest BCUT2D eigenvalue weighted by atomic mass is 10.1. The average Bonchev–Trinajstić information content (AvgIpc) is 2.98. The molecule has 148 valence electrons. The molecule has 0 saturated carbocycles. The van der Waals surface area contributed by atoms with Crippen LogP contribution < -0.4 is 10.2 Å². The molecule has 8 nitrogen and oxygen atoms in total. The van der Waals surface area contributed by atoms with E-state index in [4.69, 9.17) is 0 Å². The smallest absolute Gasteiger partial charge is 0.270 e.